The summed E-state index contributed by atoms with van der Waals surface area (Å²) in [4.78, 5) is 19.1. The highest BCUT2D eigenvalue weighted by molar-refractivity contribution is 7.20. The lowest BCUT2D eigenvalue weighted by Crippen LogP contribution is -2.41. The monoisotopic (exact) mass is 386 g/mol. The van der Waals surface area contributed by atoms with Gasteiger partial charge in [0.05, 0.1) is 22.9 Å². The number of hydrogen-bond acceptors (Lipinski definition) is 6. The number of rotatable bonds is 4. The third-order valence-electron chi connectivity index (χ3n) is 4.84. The second-order valence-corrected chi connectivity index (χ2v) is 7.74. The smallest absolute Gasteiger partial charge is 0.274 e. The number of nitrogens with zero attached hydrogens (tertiary/aromatic N) is 2. The van der Waals surface area contributed by atoms with Gasteiger partial charge >= 0.3 is 0 Å². The van der Waals surface area contributed by atoms with E-state index in [9.17, 15) is 4.79 Å². The quantitative estimate of drug-likeness (QED) is 0.672. The fraction of sp³-hybridized carbons (Fsp3) is 0.400. The number of thiazole rings is 1. The van der Waals surface area contributed by atoms with Gasteiger partial charge in [0, 0.05) is 32.0 Å². The van der Waals surface area contributed by atoms with Crippen LogP contribution in [0.3, 0.4) is 0 Å². The number of fused-ring (bicyclic) bond motifs is 1. The number of carbonyl (C=O) groups is 1. The summed E-state index contributed by atoms with van der Waals surface area (Å²) in [7, 11) is 1.65. The van der Waals surface area contributed by atoms with Gasteiger partial charge in [0.15, 0.2) is 0 Å². The zero-order valence-corrected chi connectivity index (χ0v) is 16.5. The Kier molecular flexibility index (Phi) is 4.78. The van der Waals surface area contributed by atoms with Crippen molar-refractivity contribution in [1.82, 2.24) is 9.88 Å². The topological polar surface area (TPSA) is 64.8 Å². The standard InChI is InChI=1S/C20H22N2O4S/c1-12-10-16(13(2)25-12)19(23)22-8-6-14(7-9-22)26-20-21-17-11-15(24-3)4-5-18(17)27-20/h4-5,10-11,14H,6-9H2,1-3H3. The first kappa shape index (κ1) is 17.9. The fourth-order valence-corrected chi connectivity index (χ4v) is 4.26. The fourth-order valence-electron chi connectivity index (χ4n) is 3.40. The summed E-state index contributed by atoms with van der Waals surface area (Å²) in [6.45, 7) is 5.04. The van der Waals surface area contributed by atoms with E-state index in [1.54, 1.807) is 7.11 Å². The molecule has 2 aromatic heterocycles. The molecule has 0 radical (unpaired) electrons. The first-order valence-electron chi connectivity index (χ1n) is 9.01. The van der Waals surface area contributed by atoms with E-state index < -0.39 is 0 Å². The summed E-state index contributed by atoms with van der Waals surface area (Å²) in [5.74, 6) is 2.27. The Balaban J connectivity index is 1.38. The van der Waals surface area contributed by atoms with Crippen molar-refractivity contribution in [3.63, 3.8) is 0 Å². The molecule has 4 rings (SSSR count). The van der Waals surface area contributed by atoms with Crippen LogP contribution in [0.25, 0.3) is 10.2 Å². The van der Waals surface area contributed by atoms with Gasteiger partial charge in [-0.25, -0.2) is 4.98 Å². The SMILES string of the molecule is COc1ccc2sc(OC3CCN(C(=O)c4cc(C)oc4C)CC3)nc2c1. The Morgan fingerprint density at radius 2 is 2.04 bits per heavy atom. The lowest BCUT2D eigenvalue weighted by atomic mass is 10.1. The first-order chi connectivity index (χ1) is 13.0. The molecular weight excluding hydrogens is 364 g/mol. The summed E-state index contributed by atoms with van der Waals surface area (Å²) in [5.41, 5.74) is 1.54. The lowest BCUT2D eigenvalue weighted by molar-refractivity contribution is 0.0594. The average Bonchev–Trinajstić information content (AvgIpc) is 3.22. The van der Waals surface area contributed by atoms with Crippen molar-refractivity contribution >= 4 is 27.5 Å². The molecule has 1 aromatic carbocycles. The second-order valence-electron chi connectivity index (χ2n) is 6.75. The summed E-state index contributed by atoms with van der Waals surface area (Å²) >= 11 is 1.54. The van der Waals surface area contributed by atoms with E-state index in [1.165, 1.54) is 11.3 Å². The summed E-state index contributed by atoms with van der Waals surface area (Å²) < 4.78 is 17.9. The Bertz CT molecular complexity index is 970. The van der Waals surface area contributed by atoms with Gasteiger partial charge in [-0.2, -0.15) is 0 Å². The van der Waals surface area contributed by atoms with Crippen molar-refractivity contribution in [2.45, 2.75) is 32.8 Å². The van der Waals surface area contributed by atoms with Gasteiger partial charge in [-0.15, -0.1) is 0 Å². The molecule has 0 N–H and O–H groups in total. The maximum absolute atomic E-state index is 12.7. The van der Waals surface area contributed by atoms with Gasteiger partial charge in [-0.05, 0) is 32.0 Å². The molecule has 27 heavy (non-hydrogen) atoms. The van der Waals surface area contributed by atoms with E-state index in [2.05, 4.69) is 4.98 Å². The normalized spacial score (nSPS) is 15.3. The van der Waals surface area contributed by atoms with E-state index in [0.29, 0.717) is 29.6 Å². The average molecular weight is 386 g/mol. The molecule has 0 aliphatic carbocycles. The van der Waals surface area contributed by atoms with Gasteiger partial charge in [0.1, 0.15) is 23.4 Å². The van der Waals surface area contributed by atoms with Gasteiger partial charge in [0.2, 0.25) is 0 Å². The molecule has 7 heteroatoms. The Morgan fingerprint density at radius 3 is 2.70 bits per heavy atom. The molecule has 0 spiro atoms. The molecule has 0 bridgehead atoms. The van der Waals surface area contributed by atoms with E-state index in [1.807, 2.05) is 43.0 Å². The lowest BCUT2D eigenvalue weighted by Gasteiger charge is -2.31. The molecule has 1 amide bonds. The predicted octanol–water partition coefficient (Wildman–Crippen LogP) is 4.20. The Labute approximate surface area is 161 Å². The number of furan rings is 1. The van der Waals surface area contributed by atoms with E-state index in [4.69, 9.17) is 13.9 Å². The zero-order valence-electron chi connectivity index (χ0n) is 15.7. The van der Waals surface area contributed by atoms with Crippen LogP contribution in [-0.2, 0) is 0 Å². The molecule has 0 unspecified atom stereocenters. The van der Waals surface area contributed by atoms with Crippen LogP contribution in [0, 0.1) is 13.8 Å². The van der Waals surface area contributed by atoms with Crippen LogP contribution in [0.1, 0.15) is 34.7 Å². The molecule has 1 aliphatic rings. The molecule has 6 nitrogen and oxygen atoms in total. The maximum atomic E-state index is 12.7. The zero-order chi connectivity index (χ0) is 19.0. The van der Waals surface area contributed by atoms with Crippen molar-refractivity contribution in [2.75, 3.05) is 20.2 Å². The van der Waals surface area contributed by atoms with Crippen LogP contribution in [0.4, 0.5) is 0 Å². The van der Waals surface area contributed by atoms with E-state index in [-0.39, 0.29) is 12.0 Å². The van der Waals surface area contributed by atoms with Crippen molar-refractivity contribution in [3.05, 3.63) is 41.3 Å². The summed E-state index contributed by atoms with van der Waals surface area (Å²) in [5, 5.41) is 0.671. The van der Waals surface area contributed by atoms with Gasteiger partial charge in [-0.3, -0.25) is 4.79 Å². The van der Waals surface area contributed by atoms with Crippen LogP contribution in [0.5, 0.6) is 10.9 Å². The number of piperidine rings is 1. The van der Waals surface area contributed by atoms with Crippen molar-refractivity contribution in [2.24, 2.45) is 0 Å². The summed E-state index contributed by atoms with van der Waals surface area (Å²) in [6.07, 6.45) is 1.66. The molecule has 1 saturated heterocycles. The molecule has 0 atom stereocenters. The molecule has 0 saturated carbocycles. The number of ether oxygens (including phenoxy) is 2. The van der Waals surface area contributed by atoms with Crippen LogP contribution in [0.15, 0.2) is 28.7 Å². The molecule has 1 fully saturated rings. The van der Waals surface area contributed by atoms with Gasteiger partial charge in [-0.1, -0.05) is 11.3 Å². The molecule has 3 aromatic rings. The number of aromatic nitrogens is 1. The minimum absolute atomic E-state index is 0.0369. The van der Waals surface area contributed by atoms with Crippen LogP contribution in [0.2, 0.25) is 0 Å². The third kappa shape index (κ3) is 3.64. The van der Waals surface area contributed by atoms with E-state index >= 15 is 0 Å². The number of carbonyl (C=O) groups excluding carboxylic acids is 1. The molecular formula is C20H22N2O4S. The minimum atomic E-state index is 0.0369. The highest BCUT2D eigenvalue weighted by Crippen LogP contribution is 2.32. The number of hydrogen-bond donors (Lipinski definition) is 0. The Morgan fingerprint density at radius 1 is 1.26 bits per heavy atom. The van der Waals surface area contributed by atoms with Crippen molar-refractivity contribution < 1.29 is 18.7 Å². The highest BCUT2D eigenvalue weighted by atomic mass is 32.1. The maximum Gasteiger partial charge on any atom is 0.274 e. The molecule has 3 heterocycles. The minimum Gasteiger partial charge on any atom is -0.497 e. The van der Waals surface area contributed by atoms with Crippen LogP contribution < -0.4 is 9.47 Å². The number of methoxy groups -OCH3 is 1. The molecule has 142 valence electrons. The predicted molar refractivity (Wildman–Crippen MR) is 104 cm³/mol. The summed E-state index contributed by atoms with van der Waals surface area (Å²) in [6, 6.07) is 7.65. The highest BCUT2D eigenvalue weighted by Gasteiger charge is 2.27. The number of likely N-dealkylation sites (tertiary alicyclic amines) is 1. The van der Waals surface area contributed by atoms with Gasteiger partial charge < -0.3 is 18.8 Å². The number of benzene rings is 1. The number of amides is 1. The van der Waals surface area contributed by atoms with Gasteiger partial charge in [0.25, 0.3) is 11.1 Å². The van der Waals surface area contributed by atoms with Crippen LogP contribution >= 0.6 is 11.3 Å². The van der Waals surface area contributed by atoms with Crippen molar-refractivity contribution in [3.8, 4) is 10.9 Å². The number of aryl methyl sites for hydroxylation is 2. The largest absolute Gasteiger partial charge is 0.497 e. The third-order valence-corrected chi connectivity index (χ3v) is 5.77. The van der Waals surface area contributed by atoms with Crippen LogP contribution in [-0.4, -0.2) is 42.1 Å². The van der Waals surface area contributed by atoms with Crippen molar-refractivity contribution in [1.29, 1.82) is 0 Å². The molecule has 1 aliphatic heterocycles. The van der Waals surface area contributed by atoms with E-state index in [0.717, 1.165) is 34.6 Å². The first-order valence-corrected chi connectivity index (χ1v) is 9.82. The Hall–Kier alpha value is -2.54. The second kappa shape index (κ2) is 7.23.